The molecule has 0 amide bonds. The summed E-state index contributed by atoms with van der Waals surface area (Å²) < 4.78 is 0. The Morgan fingerprint density at radius 3 is 2.12 bits per heavy atom. The molecule has 0 aromatic heterocycles. The van der Waals surface area contributed by atoms with E-state index in [2.05, 4.69) is 0 Å². The maximum absolute atomic E-state index is 11.7. The van der Waals surface area contributed by atoms with Crippen LogP contribution in [0, 0.1) is 0 Å². The van der Waals surface area contributed by atoms with Gasteiger partial charge in [0.25, 0.3) is 0 Å². The van der Waals surface area contributed by atoms with Crippen molar-refractivity contribution in [2.24, 2.45) is 5.73 Å². The molecule has 0 saturated heterocycles. The molecular weight excluding hydrogens is 202 g/mol. The molecule has 0 atom stereocenters. The zero-order valence-corrected chi connectivity index (χ0v) is 8.85. The lowest BCUT2D eigenvalue weighted by atomic mass is 9.80. The second-order valence-corrected chi connectivity index (χ2v) is 3.94. The highest BCUT2D eigenvalue weighted by molar-refractivity contribution is 6.22. The molecule has 0 bridgehead atoms. The van der Waals surface area contributed by atoms with E-state index in [0.29, 0.717) is 12.8 Å². The predicted octanol–water partition coefficient (Wildman–Crippen LogP) is 1.54. The van der Waals surface area contributed by atoms with Gasteiger partial charge in [-0.05, 0) is 11.5 Å². The van der Waals surface area contributed by atoms with Crippen molar-refractivity contribution in [2.45, 2.75) is 18.8 Å². The summed E-state index contributed by atoms with van der Waals surface area (Å²) in [6.45, 7) is 0. The highest BCUT2D eigenvalue weighted by Gasteiger charge is 2.30. The summed E-state index contributed by atoms with van der Waals surface area (Å²) in [5, 5.41) is 0. The number of carbonyl (C=O) groups excluding carboxylic acids is 2. The maximum atomic E-state index is 11.7. The number of benzene rings is 1. The number of ketones is 2. The quantitative estimate of drug-likeness (QED) is 0.571. The molecule has 3 heteroatoms. The summed E-state index contributed by atoms with van der Waals surface area (Å²) in [7, 11) is 0. The fourth-order valence-corrected chi connectivity index (χ4v) is 2.04. The van der Waals surface area contributed by atoms with Gasteiger partial charge >= 0.3 is 0 Å². The molecule has 1 aromatic carbocycles. The van der Waals surface area contributed by atoms with E-state index in [-0.39, 0.29) is 23.1 Å². The lowest BCUT2D eigenvalue weighted by Gasteiger charge is -2.21. The average Bonchev–Trinajstić information content (AvgIpc) is 2.30. The third kappa shape index (κ3) is 1.89. The van der Waals surface area contributed by atoms with Crippen LogP contribution in [0.2, 0.25) is 0 Å². The van der Waals surface area contributed by atoms with Crippen molar-refractivity contribution in [2.75, 3.05) is 0 Å². The second-order valence-electron chi connectivity index (χ2n) is 3.94. The molecule has 0 aliphatic heterocycles. The number of nitrogens with two attached hydrogens (primary N) is 1. The van der Waals surface area contributed by atoms with E-state index in [4.69, 9.17) is 5.73 Å². The lowest BCUT2D eigenvalue weighted by Crippen LogP contribution is -2.25. The van der Waals surface area contributed by atoms with Crippen LogP contribution in [0.25, 0.3) is 0 Å². The van der Waals surface area contributed by atoms with E-state index < -0.39 is 0 Å². The summed E-state index contributed by atoms with van der Waals surface area (Å²) in [4.78, 5) is 23.3. The second kappa shape index (κ2) is 4.31. The van der Waals surface area contributed by atoms with Gasteiger partial charge in [0.15, 0.2) is 11.6 Å². The van der Waals surface area contributed by atoms with Crippen LogP contribution in [0.15, 0.2) is 42.1 Å². The predicted molar refractivity (Wildman–Crippen MR) is 60.7 cm³/mol. The van der Waals surface area contributed by atoms with Gasteiger partial charge in [0.1, 0.15) is 0 Å². The number of allylic oxidation sites excluding steroid dienone is 1. The first-order valence-corrected chi connectivity index (χ1v) is 5.25. The molecule has 0 radical (unpaired) electrons. The van der Waals surface area contributed by atoms with Crippen LogP contribution in [0.1, 0.15) is 24.3 Å². The van der Waals surface area contributed by atoms with Gasteiger partial charge in [0.05, 0.1) is 5.57 Å². The largest absolute Gasteiger partial charge is 0.404 e. The molecule has 0 heterocycles. The lowest BCUT2D eigenvalue weighted by molar-refractivity contribution is -0.124. The highest BCUT2D eigenvalue weighted by atomic mass is 16.1. The van der Waals surface area contributed by atoms with Crippen molar-refractivity contribution >= 4 is 11.6 Å². The number of carbonyl (C=O) groups is 2. The van der Waals surface area contributed by atoms with Gasteiger partial charge in [0.2, 0.25) is 0 Å². The van der Waals surface area contributed by atoms with Gasteiger partial charge in [-0.1, -0.05) is 30.3 Å². The topological polar surface area (TPSA) is 60.2 Å². The number of rotatable bonds is 1. The van der Waals surface area contributed by atoms with E-state index in [0.717, 1.165) is 11.8 Å². The summed E-state index contributed by atoms with van der Waals surface area (Å²) >= 11 is 0. The molecule has 2 rings (SSSR count). The summed E-state index contributed by atoms with van der Waals surface area (Å²) in [5.41, 5.74) is 6.47. The summed E-state index contributed by atoms with van der Waals surface area (Å²) in [6, 6.07) is 9.64. The first-order valence-electron chi connectivity index (χ1n) is 5.25. The van der Waals surface area contributed by atoms with Gasteiger partial charge in [-0.15, -0.1) is 0 Å². The molecule has 1 aliphatic carbocycles. The molecule has 1 aliphatic rings. The normalized spacial score (nSPS) is 21.0. The molecule has 2 N–H and O–H groups in total. The van der Waals surface area contributed by atoms with Gasteiger partial charge < -0.3 is 5.73 Å². The fourth-order valence-electron chi connectivity index (χ4n) is 2.04. The minimum Gasteiger partial charge on any atom is -0.404 e. The summed E-state index contributed by atoms with van der Waals surface area (Å²) in [6.07, 6.45) is 1.88. The molecule has 0 spiro atoms. The van der Waals surface area contributed by atoms with Crippen LogP contribution in [-0.4, -0.2) is 11.6 Å². The van der Waals surface area contributed by atoms with Gasteiger partial charge in [-0.2, -0.15) is 0 Å². The molecule has 0 unspecified atom stereocenters. The smallest absolute Gasteiger partial charge is 0.168 e. The molecule has 1 fully saturated rings. The molecule has 82 valence electrons. The van der Waals surface area contributed by atoms with Crippen molar-refractivity contribution in [3.05, 3.63) is 47.7 Å². The summed E-state index contributed by atoms with van der Waals surface area (Å²) in [5.74, 6) is -0.287. The van der Waals surface area contributed by atoms with Gasteiger partial charge in [0, 0.05) is 19.0 Å². The van der Waals surface area contributed by atoms with Gasteiger partial charge in [-0.3, -0.25) is 9.59 Å². The third-order valence-corrected chi connectivity index (χ3v) is 2.90. The SMILES string of the molecule is NC=C1C(=O)CC(c2ccccc2)CC1=O. The van der Waals surface area contributed by atoms with Crippen molar-refractivity contribution in [3.8, 4) is 0 Å². The minimum atomic E-state index is -0.146. The Bertz CT molecular complexity index is 428. The Morgan fingerprint density at radius 2 is 1.62 bits per heavy atom. The van der Waals surface area contributed by atoms with Crippen LogP contribution in [0.3, 0.4) is 0 Å². The number of Topliss-reactive ketones (excluding diaryl/α,β-unsaturated/α-hetero) is 2. The highest BCUT2D eigenvalue weighted by Crippen LogP contribution is 2.30. The molecule has 3 nitrogen and oxygen atoms in total. The van der Waals surface area contributed by atoms with Gasteiger partial charge in [-0.25, -0.2) is 0 Å². The van der Waals surface area contributed by atoms with Crippen LogP contribution in [0.5, 0.6) is 0 Å². The van der Waals surface area contributed by atoms with Crippen molar-refractivity contribution in [1.82, 2.24) is 0 Å². The molecule has 1 saturated carbocycles. The Balaban J connectivity index is 2.24. The minimum absolute atomic E-state index is 0.00454. The standard InChI is InChI=1S/C13H13NO2/c14-8-11-12(15)6-10(7-13(11)16)9-4-2-1-3-5-9/h1-5,8,10H,6-7,14H2. The third-order valence-electron chi connectivity index (χ3n) is 2.90. The Morgan fingerprint density at radius 1 is 1.06 bits per heavy atom. The Kier molecular flexibility index (Phi) is 2.86. The van der Waals surface area contributed by atoms with E-state index in [9.17, 15) is 9.59 Å². The van der Waals surface area contributed by atoms with Crippen molar-refractivity contribution in [3.63, 3.8) is 0 Å². The van der Waals surface area contributed by atoms with Crippen LogP contribution in [0.4, 0.5) is 0 Å². The van der Waals surface area contributed by atoms with E-state index in [1.807, 2.05) is 30.3 Å². The Hall–Kier alpha value is -1.90. The Labute approximate surface area is 94.0 Å². The average molecular weight is 215 g/mol. The first-order chi connectivity index (χ1) is 7.72. The monoisotopic (exact) mass is 215 g/mol. The maximum Gasteiger partial charge on any atom is 0.168 e. The van der Waals surface area contributed by atoms with Crippen LogP contribution in [-0.2, 0) is 9.59 Å². The van der Waals surface area contributed by atoms with Crippen molar-refractivity contribution < 1.29 is 9.59 Å². The molecule has 16 heavy (non-hydrogen) atoms. The van der Waals surface area contributed by atoms with E-state index >= 15 is 0 Å². The number of hydrogen-bond donors (Lipinski definition) is 1. The van der Waals surface area contributed by atoms with Crippen LogP contribution >= 0.6 is 0 Å². The molecule has 1 aromatic rings. The first kappa shape index (κ1) is 10.6. The van der Waals surface area contributed by atoms with Crippen LogP contribution < -0.4 is 5.73 Å². The van der Waals surface area contributed by atoms with E-state index in [1.54, 1.807) is 0 Å². The van der Waals surface area contributed by atoms with E-state index in [1.165, 1.54) is 0 Å². The zero-order valence-electron chi connectivity index (χ0n) is 8.85. The fraction of sp³-hybridized carbons (Fsp3) is 0.231. The molecular formula is C13H13NO2. The zero-order chi connectivity index (χ0) is 11.5. The number of hydrogen-bond acceptors (Lipinski definition) is 3. The van der Waals surface area contributed by atoms with Crippen molar-refractivity contribution in [1.29, 1.82) is 0 Å².